The molecule has 0 aliphatic carbocycles. The van der Waals surface area contributed by atoms with E-state index < -0.39 is 21.7 Å². The maximum atomic E-state index is 13.3. The number of sulfonamides is 1. The van der Waals surface area contributed by atoms with Crippen LogP contribution in [0.15, 0.2) is 46.3 Å². The Labute approximate surface area is 206 Å². The third kappa shape index (κ3) is 5.67. The molecule has 0 spiro atoms. The normalized spacial score (nSPS) is 15.2. The minimum Gasteiger partial charge on any atom is -0.342 e. The number of rotatable bonds is 10. The lowest BCUT2D eigenvalue weighted by atomic mass is 9.93. The van der Waals surface area contributed by atoms with Gasteiger partial charge >= 0.3 is 0 Å². The molecule has 1 aliphatic heterocycles. The van der Waals surface area contributed by atoms with Crippen molar-refractivity contribution in [2.45, 2.75) is 51.3 Å². The van der Waals surface area contributed by atoms with Gasteiger partial charge in [0.05, 0.1) is 16.3 Å². The third-order valence-corrected chi connectivity index (χ3v) is 7.61. The van der Waals surface area contributed by atoms with E-state index >= 15 is 0 Å². The smallest absolute Gasteiger partial charge is 0.261 e. The Morgan fingerprint density at radius 1 is 1.12 bits per heavy atom. The number of benzene rings is 2. The van der Waals surface area contributed by atoms with Crippen molar-refractivity contribution in [1.82, 2.24) is 4.90 Å². The molecule has 3 rings (SSSR count). The van der Waals surface area contributed by atoms with Crippen LogP contribution in [0.4, 0.5) is 11.4 Å². The van der Waals surface area contributed by atoms with Crippen LogP contribution in [0.3, 0.4) is 0 Å². The summed E-state index contributed by atoms with van der Waals surface area (Å²) < 4.78 is 28.6. The van der Waals surface area contributed by atoms with E-state index in [1.54, 1.807) is 30.0 Å². The quantitative estimate of drug-likeness (QED) is 0.439. The van der Waals surface area contributed by atoms with Crippen molar-refractivity contribution < 1.29 is 18.0 Å². The fourth-order valence-electron chi connectivity index (χ4n) is 3.71. The van der Waals surface area contributed by atoms with Gasteiger partial charge in [-0.1, -0.05) is 44.4 Å². The molecule has 0 fully saturated rings. The van der Waals surface area contributed by atoms with Crippen LogP contribution in [-0.4, -0.2) is 44.3 Å². The first-order valence-electron chi connectivity index (χ1n) is 11.5. The summed E-state index contributed by atoms with van der Waals surface area (Å²) in [6.45, 7) is 6.97. The van der Waals surface area contributed by atoms with Gasteiger partial charge in [0, 0.05) is 29.9 Å². The lowest BCUT2D eigenvalue weighted by Gasteiger charge is -2.27. The molecule has 1 atom stereocenters. The summed E-state index contributed by atoms with van der Waals surface area (Å²) in [6.07, 6.45) is 4.94. The van der Waals surface area contributed by atoms with Crippen molar-refractivity contribution in [3.8, 4) is 0 Å². The van der Waals surface area contributed by atoms with Crippen molar-refractivity contribution in [1.29, 1.82) is 0 Å². The van der Waals surface area contributed by atoms with Gasteiger partial charge in [0.25, 0.3) is 10.0 Å². The van der Waals surface area contributed by atoms with Crippen LogP contribution in [0.5, 0.6) is 0 Å². The summed E-state index contributed by atoms with van der Waals surface area (Å²) in [7, 11) is -4.00. The number of carbonyl (C=O) groups is 2. The monoisotopic (exact) mass is 503 g/mol. The van der Waals surface area contributed by atoms with E-state index in [-0.39, 0.29) is 16.4 Å². The number of amides is 1. The molecule has 1 unspecified atom stereocenters. The van der Waals surface area contributed by atoms with Crippen molar-refractivity contribution in [2.24, 2.45) is 10.9 Å². The second-order valence-electron chi connectivity index (χ2n) is 8.35. The van der Waals surface area contributed by atoms with Gasteiger partial charge < -0.3 is 4.90 Å². The Hall–Kier alpha value is -2.71. The number of carbonyl (C=O) groups excluding carboxylic acids is 2. The highest BCUT2D eigenvalue weighted by Gasteiger charge is 2.34. The molecular formula is C25H30ClN3O4S. The second kappa shape index (κ2) is 11.1. The predicted molar refractivity (Wildman–Crippen MR) is 136 cm³/mol. The lowest BCUT2D eigenvalue weighted by Crippen LogP contribution is -2.42. The minimum absolute atomic E-state index is 0.0869. The van der Waals surface area contributed by atoms with E-state index in [1.807, 2.05) is 13.8 Å². The predicted octanol–water partition coefficient (Wildman–Crippen LogP) is 5.39. The molecule has 2 aromatic rings. The fourth-order valence-corrected chi connectivity index (χ4v) is 5.03. The van der Waals surface area contributed by atoms with Crippen LogP contribution in [0.25, 0.3) is 0 Å². The number of ketones is 1. The van der Waals surface area contributed by atoms with Gasteiger partial charge in [0.1, 0.15) is 5.92 Å². The average Bonchev–Trinajstić information content (AvgIpc) is 2.82. The van der Waals surface area contributed by atoms with E-state index in [9.17, 15) is 18.0 Å². The van der Waals surface area contributed by atoms with E-state index in [1.165, 1.54) is 24.4 Å². The third-order valence-electron chi connectivity index (χ3n) is 5.84. The van der Waals surface area contributed by atoms with Gasteiger partial charge in [-0.05, 0) is 55.7 Å². The molecule has 0 saturated carbocycles. The van der Waals surface area contributed by atoms with Gasteiger partial charge in [-0.2, -0.15) is 0 Å². The highest BCUT2D eigenvalue weighted by atomic mass is 35.5. The lowest BCUT2D eigenvalue weighted by molar-refractivity contribution is -0.132. The zero-order valence-electron chi connectivity index (χ0n) is 19.7. The fraction of sp³-hybridized carbons (Fsp3) is 0.400. The van der Waals surface area contributed by atoms with Gasteiger partial charge in [-0.15, -0.1) is 0 Å². The number of halogens is 1. The van der Waals surface area contributed by atoms with Crippen molar-refractivity contribution in [2.75, 3.05) is 17.8 Å². The maximum Gasteiger partial charge on any atom is 0.261 e. The Kier molecular flexibility index (Phi) is 8.49. The maximum absolute atomic E-state index is 13.3. The van der Waals surface area contributed by atoms with Crippen LogP contribution in [0.1, 0.15) is 55.5 Å². The number of hydrogen-bond donors (Lipinski definition) is 1. The number of unbranched alkanes of at least 4 members (excludes halogenated alkanes) is 2. The van der Waals surface area contributed by atoms with Crippen LogP contribution in [-0.2, 0) is 14.8 Å². The number of nitrogens with one attached hydrogen (secondary N) is 1. The highest BCUT2D eigenvalue weighted by Crippen LogP contribution is 2.31. The molecule has 7 nitrogen and oxygen atoms in total. The van der Waals surface area contributed by atoms with E-state index in [4.69, 9.17) is 11.6 Å². The van der Waals surface area contributed by atoms with Gasteiger partial charge in [-0.25, -0.2) is 8.42 Å². The van der Waals surface area contributed by atoms with Crippen LogP contribution >= 0.6 is 11.6 Å². The zero-order chi connectivity index (χ0) is 24.9. The highest BCUT2D eigenvalue weighted by molar-refractivity contribution is 7.92. The molecule has 1 N–H and O–H groups in total. The van der Waals surface area contributed by atoms with Gasteiger partial charge in [-0.3, -0.25) is 19.3 Å². The topological polar surface area (TPSA) is 95.9 Å². The number of aliphatic imine (C=N–C) groups is 1. The Morgan fingerprint density at radius 2 is 1.79 bits per heavy atom. The Morgan fingerprint density at radius 3 is 2.44 bits per heavy atom. The first-order valence-corrected chi connectivity index (χ1v) is 13.3. The summed E-state index contributed by atoms with van der Waals surface area (Å²) in [5.74, 6) is -1.78. The Bertz CT molecular complexity index is 1200. The SMILES string of the molecule is CCCCN(CCCC)C(=O)C1C=Nc2ccc(S(=O)(=O)Nc3cccc(Cl)c3C)cc2C1=O. The van der Waals surface area contributed by atoms with Gasteiger partial charge in [0.2, 0.25) is 5.91 Å². The molecule has 34 heavy (non-hydrogen) atoms. The first-order chi connectivity index (χ1) is 16.2. The molecule has 0 bridgehead atoms. The summed E-state index contributed by atoms with van der Waals surface area (Å²) in [5, 5.41) is 0.437. The van der Waals surface area contributed by atoms with Crippen molar-refractivity contribution >= 4 is 50.9 Å². The molecular weight excluding hydrogens is 474 g/mol. The number of hydrogen-bond acceptors (Lipinski definition) is 5. The molecule has 182 valence electrons. The summed E-state index contributed by atoms with van der Waals surface area (Å²) in [4.78, 5) is 32.4. The molecule has 0 saturated heterocycles. The van der Waals surface area contributed by atoms with Crippen molar-refractivity contribution in [3.63, 3.8) is 0 Å². The summed E-state index contributed by atoms with van der Waals surface area (Å²) in [5.41, 5.74) is 1.42. The summed E-state index contributed by atoms with van der Waals surface area (Å²) >= 11 is 6.11. The second-order valence-corrected chi connectivity index (χ2v) is 10.4. The Balaban J connectivity index is 1.88. The molecule has 9 heteroatoms. The molecule has 1 heterocycles. The number of anilines is 1. The number of fused-ring (bicyclic) bond motifs is 1. The molecule has 2 aromatic carbocycles. The van der Waals surface area contributed by atoms with Crippen molar-refractivity contribution in [3.05, 3.63) is 52.5 Å². The zero-order valence-corrected chi connectivity index (χ0v) is 21.2. The van der Waals surface area contributed by atoms with E-state index in [0.717, 1.165) is 25.7 Å². The van der Waals surface area contributed by atoms with E-state index in [2.05, 4.69) is 9.71 Å². The summed E-state index contributed by atoms with van der Waals surface area (Å²) in [6, 6.07) is 9.10. The van der Waals surface area contributed by atoms with Crippen LogP contribution in [0, 0.1) is 12.8 Å². The number of Topliss-reactive ketones (excluding diaryl/α,β-unsaturated/α-hetero) is 1. The van der Waals surface area contributed by atoms with Gasteiger partial charge in [0.15, 0.2) is 5.78 Å². The minimum atomic E-state index is -4.00. The average molecular weight is 504 g/mol. The largest absolute Gasteiger partial charge is 0.342 e. The van der Waals surface area contributed by atoms with Crippen LogP contribution in [0.2, 0.25) is 5.02 Å². The standard InChI is InChI=1S/C25H30ClN3O4S/c1-4-6-13-29(14-7-5-2)25(31)20-16-27-23-12-11-18(15-19(23)24(20)30)34(32,33)28-22-10-8-9-21(26)17(22)3/h8-12,15-16,20,28H,4-7,13-14H2,1-3H3. The molecule has 0 aromatic heterocycles. The molecule has 1 amide bonds. The molecule has 0 radical (unpaired) electrons. The first kappa shape index (κ1) is 25.9. The number of nitrogens with zero attached hydrogens (tertiary/aromatic N) is 2. The van der Waals surface area contributed by atoms with E-state index in [0.29, 0.717) is 35.1 Å². The molecule has 1 aliphatic rings. The van der Waals surface area contributed by atoms with Crippen LogP contribution < -0.4 is 4.72 Å².